The molecule has 0 aliphatic rings. The monoisotopic (exact) mass is 118 g/mol. The van der Waals surface area contributed by atoms with Gasteiger partial charge < -0.3 is 9.16 Å². The minimum absolute atomic E-state index is 0.439. The molecule has 0 aromatic heterocycles. The van der Waals surface area contributed by atoms with Crippen molar-refractivity contribution in [3.63, 3.8) is 0 Å². The molecule has 0 aliphatic carbocycles. The van der Waals surface area contributed by atoms with E-state index in [0.717, 1.165) is 0 Å². The Labute approximate surface area is 46.7 Å². The summed E-state index contributed by atoms with van der Waals surface area (Å²) in [5.74, 6) is 0.439. The van der Waals surface area contributed by atoms with Gasteiger partial charge in [0.05, 0.1) is 6.61 Å². The lowest BCUT2D eigenvalue weighted by molar-refractivity contribution is 0.125. The van der Waals surface area contributed by atoms with Crippen molar-refractivity contribution in [1.82, 2.24) is 0 Å². The van der Waals surface area contributed by atoms with Crippen LogP contribution in [0.15, 0.2) is 12.5 Å². The molecular formula is C4H10O2Si. The van der Waals surface area contributed by atoms with Gasteiger partial charge in [-0.15, -0.1) is 0 Å². The Hall–Kier alpha value is -0.443. The molecule has 0 amide bonds. The highest BCUT2D eigenvalue weighted by atomic mass is 28.2. The number of rotatable bonds is 3. The fourth-order valence-electron chi connectivity index (χ4n) is 0.220. The van der Waals surface area contributed by atoms with Crippen LogP contribution in [-0.4, -0.2) is 17.1 Å². The highest BCUT2D eigenvalue weighted by Gasteiger charge is 1.81. The maximum absolute atomic E-state index is 4.81. The molecule has 0 spiro atoms. The fourth-order valence-corrected chi connectivity index (χ4v) is 0.338. The van der Waals surface area contributed by atoms with E-state index >= 15 is 0 Å². The minimum atomic E-state index is 0.439. The van der Waals surface area contributed by atoms with Crippen LogP contribution >= 0.6 is 0 Å². The molecule has 0 radical (unpaired) electrons. The van der Waals surface area contributed by atoms with Gasteiger partial charge in [0, 0.05) is 0 Å². The second-order valence-corrected chi connectivity index (χ2v) is 1.42. The van der Waals surface area contributed by atoms with E-state index in [1.807, 2.05) is 6.92 Å². The van der Waals surface area contributed by atoms with Gasteiger partial charge in [-0.05, 0) is 13.5 Å². The molecule has 0 aromatic carbocycles. The van der Waals surface area contributed by atoms with Gasteiger partial charge in [0.25, 0.3) is 5.95 Å². The Bertz CT molecular complexity index is 62.7. The quantitative estimate of drug-likeness (QED) is 0.377. The summed E-state index contributed by atoms with van der Waals surface area (Å²) < 4.78 is 9.52. The molecule has 0 aromatic rings. The zero-order valence-electron chi connectivity index (χ0n) is 4.73. The van der Waals surface area contributed by atoms with Gasteiger partial charge in [0.15, 0.2) is 0 Å². The number of hydrogen-bond donors (Lipinski definition) is 0. The molecule has 0 heterocycles. The van der Waals surface area contributed by atoms with Gasteiger partial charge in [-0.2, -0.15) is 0 Å². The molecule has 0 unspecified atom stereocenters. The number of hydrogen-bond acceptors (Lipinski definition) is 2. The third kappa shape index (κ3) is 3.39. The molecule has 0 saturated carbocycles. The predicted octanol–water partition coefficient (Wildman–Crippen LogP) is -0.209. The number of ether oxygens (including phenoxy) is 1. The summed E-state index contributed by atoms with van der Waals surface area (Å²) >= 11 is 0. The van der Waals surface area contributed by atoms with Crippen molar-refractivity contribution in [2.75, 3.05) is 6.61 Å². The van der Waals surface area contributed by atoms with Crippen LogP contribution in [0.2, 0.25) is 0 Å². The third-order valence-electron chi connectivity index (χ3n) is 0.533. The lowest BCUT2D eigenvalue weighted by Crippen LogP contribution is -1.91. The van der Waals surface area contributed by atoms with Crippen molar-refractivity contribution in [2.45, 2.75) is 6.92 Å². The Balaban J connectivity index is 3.00. The molecule has 0 bridgehead atoms. The molecule has 3 heteroatoms. The van der Waals surface area contributed by atoms with Crippen LogP contribution in [0.5, 0.6) is 0 Å². The van der Waals surface area contributed by atoms with Crippen molar-refractivity contribution >= 4 is 10.5 Å². The maximum atomic E-state index is 4.81. The first-order chi connectivity index (χ1) is 3.31. The summed E-state index contributed by atoms with van der Waals surface area (Å²) in [5, 5.41) is 0. The molecule has 0 fully saturated rings. The van der Waals surface area contributed by atoms with E-state index in [1.165, 1.54) is 0 Å². The summed E-state index contributed by atoms with van der Waals surface area (Å²) in [7, 11) is 0.663. The van der Waals surface area contributed by atoms with Crippen molar-refractivity contribution in [3.05, 3.63) is 12.5 Å². The summed E-state index contributed by atoms with van der Waals surface area (Å²) in [6.07, 6.45) is 0. The van der Waals surface area contributed by atoms with Crippen LogP contribution in [0.25, 0.3) is 0 Å². The van der Waals surface area contributed by atoms with Crippen LogP contribution in [-0.2, 0) is 9.16 Å². The normalized spacial score (nSPS) is 8.14. The molecule has 0 saturated heterocycles. The molecule has 0 aliphatic heterocycles. The molecule has 0 atom stereocenters. The van der Waals surface area contributed by atoms with E-state index in [0.29, 0.717) is 23.0 Å². The zero-order valence-corrected chi connectivity index (χ0v) is 6.73. The Morgan fingerprint density at radius 3 is 2.57 bits per heavy atom. The van der Waals surface area contributed by atoms with Gasteiger partial charge in [-0.25, -0.2) is 0 Å². The summed E-state index contributed by atoms with van der Waals surface area (Å²) in [4.78, 5) is 0. The molecule has 42 valence electrons. The fraction of sp³-hybridized carbons (Fsp3) is 0.500. The Kier molecular flexibility index (Phi) is 3.50. The van der Waals surface area contributed by atoms with Crippen molar-refractivity contribution in [1.29, 1.82) is 0 Å². The summed E-state index contributed by atoms with van der Waals surface area (Å²) in [5.41, 5.74) is 0. The van der Waals surface area contributed by atoms with E-state index < -0.39 is 0 Å². The van der Waals surface area contributed by atoms with E-state index in [4.69, 9.17) is 9.16 Å². The third-order valence-corrected chi connectivity index (χ3v) is 0.988. The second-order valence-electron chi connectivity index (χ2n) is 1.01. The first-order valence-corrected chi connectivity index (χ1v) is 2.98. The Morgan fingerprint density at radius 1 is 1.86 bits per heavy atom. The van der Waals surface area contributed by atoms with Gasteiger partial charge in [0.2, 0.25) is 10.5 Å². The smallest absolute Gasteiger partial charge is 0.256 e. The Morgan fingerprint density at radius 2 is 2.43 bits per heavy atom. The van der Waals surface area contributed by atoms with E-state index in [1.54, 1.807) is 0 Å². The van der Waals surface area contributed by atoms with Crippen molar-refractivity contribution in [3.8, 4) is 0 Å². The van der Waals surface area contributed by atoms with Gasteiger partial charge in [-0.3, -0.25) is 0 Å². The van der Waals surface area contributed by atoms with Gasteiger partial charge in [0.1, 0.15) is 0 Å². The largest absolute Gasteiger partial charge is 0.529 e. The van der Waals surface area contributed by atoms with Gasteiger partial charge in [-0.1, -0.05) is 0 Å². The maximum Gasteiger partial charge on any atom is 0.256 e. The predicted molar refractivity (Wildman–Crippen MR) is 31.8 cm³/mol. The van der Waals surface area contributed by atoms with Crippen molar-refractivity contribution < 1.29 is 9.16 Å². The van der Waals surface area contributed by atoms with Crippen LogP contribution < -0.4 is 0 Å². The van der Waals surface area contributed by atoms with Crippen molar-refractivity contribution in [2.24, 2.45) is 0 Å². The van der Waals surface area contributed by atoms with Crippen LogP contribution in [0, 0.1) is 0 Å². The molecular weight excluding hydrogens is 108 g/mol. The zero-order chi connectivity index (χ0) is 5.70. The van der Waals surface area contributed by atoms with Gasteiger partial charge >= 0.3 is 0 Å². The van der Waals surface area contributed by atoms with Crippen LogP contribution in [0.1, 0.15) is 6.92 Å². The lowest BCUT2D eigenvalue weighted by atomic mass is 10.8. The first kappa shape index (κ1) is 6.56. The SMILES string of the molecule is C=C(O[SiH3])OCC. The summed E-state index contributed by atoms with van der Waals surface area (Å²) in [6, 6.07) is 0. The topological polar surface area (TPSA) is 18.5 Å². The first-order valence-electron chi connectivity index (χ1n) is 2.17. The minimum Gasteiger partial charge on any atom is -0.529 e. The standard InChI is InChI=1S/C4H10O2Si/c1-3-5-4(2)6-7/h2-3H2,1,7H3. The molecule has 7 heavy (non-hydrogen) atoms. The average molecular weight is 118 g/mol. The molecule has 0 N–H and O–H groups in total. The second kappa shape index (κ2) is 3.74. The average Bonchev–Trinajstić information content (AvgIpc) is 1.68. The van der Waals surface area contributed by atoms with Crippen LogP contribution in [0.3, 0.4) is 0 Å². The van der Waals surface area contributed by atoms with Crippen LogP contribution in [0.4, 0.5) is 0 Å². The van der Waals surface area contributed by atoms with E-state index in [2.05, 4.69) is 6.58 Å². The molecule has 0 rings (SSSR count). The van der Waals surface area contributed by atoms with E-state index in [9.17, 15) is 0 Å². The van der Waals surface area contributed by atoms with E-state index in [-0.39, 0.29) is 0 Å². The highest BCUT2D eigenvalue weighted by molar-refractivity contribution is 5.98. The lowest BCUT2D eigenvalue weighted by Gasteiger charge is -2.02. The highest BCUT2D eigenvalue weighted by Crippen LogP contribution is 1.89. The molecule has 2 nitrogen and oxygen atoms in total. The summed E-state index contributed by atoms with van der Waals surface area (Å²) in [6.45, 7) is 5.99.